The van der Waals surface area contributed by atoms with Crippen LogP contribution in [-0.2, 0) is 23.9 Å². The lowest BCUT2D eigenvalue weighted by Gasteiger charge is -2.14. The second-order valence-corrected chi connectivity index (χ2v) is 6.53. The smallest absolute Gasteiger partial charge is 0.387 e. The number of rotatable bonds is 7. The van der Waals surface area contributed by atoms with Gasteiger partial charge in [-0.3, -0.25) is 24.1 Å². The molecular formula is C19H18F2N2O6. The highest BCUT2D eigenvalue weighted by Crippen LogP contribution is 2.34. The van der Waals surface area contributed by atoms with Gasteiger partial charge in [-0.15, -0.1) is 0 Å². The minimum Gasteiger partial charge on any atom is -0.454 e. The standard InChI is InChI=1S/C19H18F2N2O6/c20-19(21)29-12-7-5-11(6-8-12)22-15(24)10-28-16(25)9-23-17(26)13-3-1-2-4-14(13)18(23)27/h1-2,5-8,13-14,19H,3-4,9-10H2,(H,22,24)/t13-,14+. The van der Waals surface area contributed by atoms with Crippen LogP contribution in [0.4, 0.5) is 14.5 Å². The van der Waals surface area contributed by atoms with Gasteiger partial charge < -0.3 is 14.8 Å². The summed E-state index contributed by atoms with van der Waals surface area (Å²) in [5.74, 6) is -3.32. The van der Waals surface area contributed by atoms with Crippen LogP contribution in [0.5, 0.6) is 5.75 Å². The van der Waals surface area contributed by atoms with Crippen molar-refractivity contribution < 1.29 is 37.4 Å². The van der Waals surface area contributed by atoms with Gasteiger partial charge in [0.05, 0.1) is 11.8 Å². The molecule has 29 heavy (non-hydrogen) atoms. The highest BCUT2D eigenvalue weighted by molar-refractivity contribution is 6.07. The van der Waals surface area contributed by atoms with Gasteiger partial charge in [0.1, 0.15) is 12.3 Å². The Morgan fingerprint density at radius 3 is 2.21 bits per heavy atom. The molecule has 0 bridgehead atoms. The fourth-order valence-corrected chi connectivity index (χ4v) is 3.26. The normalized spacial score (nSPS) is 20.6. The first-order valence-electron chi connectivity index (χ1n) is 8.85. The van der Waals surface area contributed by atoms with Crippen molar-refractivity contribution in [2.45, 2.75) is 19.5 Å². The van der Waals surface area contributed by atoms with Crippen LogP contribution in [0.15, 0.2) is 36.4 Å². The number of carbonyl (C=O) groups excluding carboxylic acids is 4. The zero-order valence-corrected chi connectivity index (χ0v) is 15.2. The van der Waals surface area contributed by atoms with Crippen LogP contribution < -0.4 is 10.1 Å². The van der Waals surface area contributed by atoms with Crippen LogP contribution in [0.25, 0.3) is 0 Å². The predicted molar refractivity (Wildman–Crippen MR) is 94.7 cm³/mol. The molecular weight excluding hydrogens is 390 g/mol. The molecule has 2 aliphatic rings. The van der Waals surface area contributed by atoms with Crippen molar-refractivity contribution in [3.05, 3.63) is 36.4 Å². The molecule has 0 spiro atoms. The third-order valence-corrected chi connectivity index (χ3v) is 4.61. The monoisotopic (exact) mass is 408 g/mol. The molecule has 3 amide bonds. The first-order valence-corrected chi connectivity index (χ1v) is 8.85. The highest BCUT2D eigenvalue weighted by atomic mass is 19.3. The molecule has 1 aliphatic heterocycles. The summed E-state index contributed by atoms with van der Waals surface area (Å²) in [5.41, 5.74) is 0.286. The van der Waals surface area contributed by atoms with Crippen LogP contribution in [0.3, 0.4) is 0 Å². The Bertz CT molecular complexity index is 814. The van der Waals surface area contributed by atoms with Gasteiger partial charge in [-0.25, -0.2) is 0 Å². The Morgan fingerprint density at radius 2 is 1.66 bits per heavy atom. The quantitative estimate of drug-likeness (QED) is 0.419. The van der Waals surface area contributed by atoms with Crippen molar-refractivity contribution in [3.63, 3.8) is 0 Å². The third-order valence-electron chi connectivity index (χ3n) is 4.61. The summed E-state index contributed by atoms with van der Waals surface area (Å²) < 4.78 is 33.2. The Kier molecular flexibility index (Phi) is 6.20. The van der Waals surface area contributed by atoms with Gasteiger partial charge in [-0.05, 0) is 37.1 Å². The summed E-state index contributed by atoms with van der Waals surface area (Å²) in [6.07, 6.45) is 4.60. The number of amides is 3. The molecule has 1 fully saturated rings. The zero-order chi connectivity index (χ0) is 21.0. The lowest BCUT2D eigenvalue weighted by Crippen LogP contribution is -2.37. The van der Waals surface area contributed by atoms with E-state index in [1.807, 2.05) is 12.2 Å². The van der Waals surface area contributed by atoms with Crippen LogP contribution in [0.1, 0.15) is 12.8 Å². The molecule has 2 atom stereocenters. The van der Waals surface area contributed by atoms with E-state index in [4.69, 9.17) is 4.74 Å². The number of alkyl halides is 2. The lowest BCUT2D eigenvalue weighted by atomic mass is 9.85. The van der Waals surface area contributed by atoms with Crippen LogP contribution in [0.2, 0.25) is 0 Å². The number of fused-ring (bicyclic) bond motifs is 1. The van der Waals surface area contributed by atoms with E-state index in [9.17, 15) is 28.0 Å². The molecule has 154 valence electrons. The van der Waals surface area contributed by atoms with Crippen molar-refractivity contribution in [2.24, 2.45) is 11.8 Å². The zero-order valence-electron chi connectivity index (χ0n) is 15.2. The Morgan fingerprint density at radius 1 is 1.07 bits per heavy atom. The maximum Gasteiger partial charge on any atom is 0.387 e. The number of nitrogens with zero attached hydrogens (tertiary/aromatic N) is 1. The van der Waals surface area contributed by atoms with E-state index in [1.54, 1.807) is 0 Å². The average molecular weight is 408 g/mol. The molecule has 1 aromatic carbocycles. The highest BCUT2D eigenvalue weighted by Gasteiger charge is 2.47. The largest absolute Gasteiger partial charge is 0.454 e. The summed E-state index contributed by atoms with van der Waals surface area (Å²) in [7, 11) is 0. The number of ether oxygens (including phenoxy) is 2. The number of nitrogens with one attached hydrogen (secondary N) is 1. The van der Waals surface area contributed by atoms with Gasteiger partial charge in [0.15, 0.2) is 6.61 Å². The number of imide groups is 1. The van der Waals surface area contributed by atoms with Crippen molar-refractivity contribution in [3.8, 4) is 5.75 Å². The van der Waals surface area contributed by atoms with E-state index in [-0.39, 0.29) is 11.4 Å². The molecule has 10 heteroatoms. The molecule has 0 radical (unpaired) electrons. The molecule has 0 saturated carbocycles. The van der Waals surface area contributed by atoms with E-state index in [1.165, 1.54) is 24.3 Å². The maximum atomic E-state index is 12.3. The minimum atomic E-state index is -2.95. The summed E-state index contributed by atoms with van der Waals surface area (Å²) in [5, 5.41) is 2.41. The Balaban J connectivity index is 1.45. The van der Waals surface area contributed by atoms with Gasteiger partial charge >= 0.3 is 12.6 Å². The summed E-state index contributed by atoms with van der Waals surface area (Å²) in [4.78, 5) is 49.3. The summed E-state index contributed by atoms with van der Waals surface area (Å²) in [6, 6.07) is 5.17. The number of hydrogen-bond donors (Lipinski definition) is 1. The molecule has 3 rings (SSSR count). The second-order valence-electron chi connectivity index (χ2n) is 6.53. The first kappa shape index (κ1) is 20.4. The Labute approximate surface area is 164 Å². The number of carbonyl (C=O) groups is 4. The van der Waals surface area contributed by atoms with Crippen LogP contribution in [0, 0.1) is 11.8 Å². The number of allylic oxidation sites excluding steroid dienone is 2. The van der Waals surface area contributed by atoms with Crippen LogP contribution in [-0.4, -0.2) is 48.4 Å². The van der Waals surface area contributed by atoms with Crippen molar-refractivity contribution >= 4 is 29.4 Å². The summed E-state index contributed by atoms with van der Waals surface area (Å²) >= 11 is 0. The number of benzene rings is 1. The van der Waals surface area contributed by atoms with E-state index >= 15 is 0 Å². The van der Waals surface area contributed by atoms with E-state index in [0.29, 0.717) is 12.8 Å². The van der Waals surface area contributed by atoms with Gasteiger partial charge in [0.2, 0.25) is 11.8 Å². The molecule has 1 aliphatic carbocycles. The number of hydrogen-bond acceptors (Lipinski definition) is 6. The second kappa shape index (κ2) is 8.80. The number of halogens is 2. The Hall–Kier alpha value is -3.30. The van der Waals surface area contributed by atoms with Gasteiger partial charge in [0, 0.05) is 5.69 Å². The van der Waals surface area contributed by atoms with E-state index in [2.05, 4.69) is 10.1 Å². The molecule has 0 aromatic heterocycles. The number of likely N-dealkylation sites (tertiary alicyclic amines) is 1. The number of esters is 1. The SMILES string of the molecule is O=C(COC(=O)CN1C(=O)[C@H]2CC=CC[C@H]2C1=O)Nc1ccc(OC(F)F)cc1. The average Bonchev–Trinajstić information content (AvgIpc) is 2.93. The van der Waals surface area contributed by atoms with Crippen LogP contribution >= 0.6 is 0 Å². The summed E-state index contributed by atoms with van der Waals surface area (Å²) in [6.45, 7) is -4.12. The molecule has 8 nitrogen and oxygen atoms in total. The van der Waals surface area contributed by atoms with Gasteiger partial charge in [-0.2, -0.15) is 8.78 Å². The number of anilines is 1. The van der Waals surface area contributed by atoms with E-state index < -0.39 is 55.3 Å². The van der Waals surface area contributed by atoms with E-state index in [0.717, 1.165) is 4.90 Å². The maximum absolute atomic E-state index is 12.3. The fourth-order valence-electron chi connectivity index (χ4n) is 3.26. The van der Waals surface area contributed by atoms with Gasteiger partial charge in [0.25, 0.3) is 5.91 Å². The minimum absolute atomic E-state index is 0.0693. The molecule has 1 saturated heterocycles. The molecule has 1 aromatic rings. The van der Waals surface area contributed by atoms with Crippen molar-refractivity contribution in [1.29, 1.82) is 0 Å². The predicted octanol–water partition coefficient (Wildman–Crippen LogP) is 1.72. The fraction of sp³-hybridized carbons (Fsp3) is 0.368. The van der Waals surface area contributed by atoms with Crippen molar-refractivity contribution in [2.75, 3.05) is 18.5 Å². The molecule has 0 unspecified atom stereocenters. The van der Waals surface area contributed by atoms with Crippen molar-refractivity contribution in [1.82, 2.24) is 4.90 Å². The topological polar surface area (TPSA) is 102 Å². The molecule has 1 N–H and O–H groups in total. The lowest BCUT2D eigenvalue weighted by molar-refractivity contribution is -0.154. The first-order chi connectivity index (χ1) is 13.8. The van der Waals surface area contributed by atoms with Gasteiger partial charge in [-0.1, -0.05) is 12.2 Å². The third kappa shape index (κ3) is 4.95. The molecule has 1 heterocycles.